The van der Waals surface area contributed by atoms with Gasteiger partial charge >= 0.3 is 5.97 Å². The van der Waals surface area contributed by atoms with Gasteiger partial charge in [0.2, 0.25) is 0 Å². The summed E-state index contributed by atoms with van der Waals surface area (Å²) >= 11 is 7.29. The molecule has 6 nitrogen and oxygen atoms in total. The molecule has 1 aliphatic rings. The van der Waals surface area contributed by atoms with Gasteiger partial charge in [-0.1, -0.05) is 41.9 Å². The monoisotopic (exact) mass is 400 g/mol. The lowest BCUT2D eigenvalue weighted by Crippen LogP contribution is -2.19. The fourth-order valence-electron chi connectivity index (χ4n) is 2.24. The van der Waals surface area contributed by atoms with E-state index < -0.39 is 5.97 Å². The fraction of sp³-hybridized carbons (Fsp3) is 0. The zero-order chi connectivity index (χ0) is 19.4. The maximum atomic E-state index is 12.1. The summed E-state index contributed by atoms with van der Waals surface area (Å²) in [7, 11) is 0. The lowest BCUT2D eigenvalue weighted by atomic mass is 10.2. The topological polar surface area (TPSA) is 99.0 Å². The average Bonchev–Trinajstić information content (AvgIpc) is 2.96. The van der Waals surface area contributed by atoms with Crippen LogP contribution in [0.15, 0.2) is 69.5 Å². The van der Waals surface area contributed by atoms with Crippen molar-refractivity contribution in [1.29, 1.82) is 0 Å². The molecule has 0 saturated carbocycles. The van der Waals surface area contributed by atoms with Gasteiger partial charge in [0.1, 0.15) is 11.3 Å². The second-order valence-corrected chi connectivity index (χ2v) is 6.90. The zero-order valence-electron chi connectivity index (χ0n) is 13.7. The van der Waals surface area contributed by atoms with Crippen molar-refractivity contribution in [3.63, 3.8) is 0 Å². The van der Waals surface area contributed by atoms with Crippen molar-refractivity contribution in [2.45, 2.75) is 0 Å². The first-order chi connectivity index (χ1) is 12.9. The maximum absolute atomic E-state index is 12.1. The summed E-state index contributed by atoms with van der Waals surface area (Å²) in [6, 6.07) is 13.3. The van der Waals surface area contributed by atoms with Gasteiger partial charge in [0, 0.05) is 5.03 Å². The van der Waals surface area contributed by atoms with Gasteiger partial charge in [-0.2, -0.15) is 0 Å². The number of thioether (sulfide) groups is 1. The Kier molecular flexibility index (Phi) is 5.63. The number of aliphatic imine (C=N–C) groups is 1. The van der Waals surface area contributed by atoms with E-state index in [1.807, 2.05) is 30.3 Å². The number of phenols is 1. The Morgan fingerprint density at radius 2 is 1.93 bits per heavy atom. The number of carbonyl (C=O) groups is 2. The average molecular weight is 401 g/mol. The van der Waals surface area contributed by atoms with Crippen LogP contribution in [0.1, 0.15) is 15.9 Å². The van der Waals surface area contributed by atoms with Gasteiger partial charge in [-0.05, 0) is 47.7 Å². The number of amides is 1. The highest BCUT2D eigenvalue weighted by molar-refractivity contribution is 8.18. The van der Waals surface area contributed by atoms with Gasteiger partial charge in [-0.3, -0.25) is 4.79 Å². The van der Waals surface area contributed by atoms with Crippen LogP contribution in [0.5, 0.6) is 5.75 Å². The van der Waals surface area contributed by atoms with Crippen molar-refractivity contribution >= 4 is 52.2 Å². The molecule has 1 fully saturated rings. The predicted molar refractivity (Wildman–Crippen MR) is 106 cm³/mol. The summed E-state index contributed by atoms with van der Waals surface area (Å²) in [5.41, 5.74) is 0.929. The Morgan fingerprint density at radius 3 is 2.63 bits per heavy atom. The molecular formula is C19H13ClN2O4S. The number of rotatable bonds is 4. The van der Waals surface area contributed by atoms with E-state index in [0.717, 1.165) is 17.3 Å². The summed E-state index contributed by atoms with van der Waals surface area (Å²) in [5.74, 6) is -1.97. The molecule has 0 unspecified atom stereocenters. The van der Waals surface area contributed by atoms with Gasteiger partial charge in [-0.25, -0.2) is 9.79 Å². The van der Waals surface area contributed by atoms with Crippen molar-refractivity contribution in [3.05, 3.63) is 75.7 Å². The van der Waals surface area contributed by atoms with Gasteiger partial charge in [-0.15, -0.1) is 0 Å². The van der Waals surface area contributed by atoms with Crippen LogP contribution in [0.2, 0.25) is 0 Å². The third-order valence-corrected chi connectivity index (χ3v) is 4.59. The van der Waals surface area contributed by atoms with Crippen LogP contribution in [0, 0.1) is 0 Å². The Bertz CT molecular complexity index is 1000. The Balaban J connectivity index is 1.81. The summed E-state index contributed by atoms with van der Waals surface area (Å²) < 4.78 is 0. The molecular weight excluding hydrogens is 388 g/mol. The van der Waals surface area contributed by atoms with E-state index in [9.17, 15) is 14.7 Å². The molecule has 8 heteroatoms. The number of allylic oxidation sites excluding steroid dienone is 2. The van der Waals surface area contributed by atoms with Crippen molar-refractivity contribution in [2.75, 3.05) is 0 Å². The summed E-state index contributed by atoms with van der Waals surface area (Å²) in [4.78, 5) is 27.7. The number of carbonyl (C=O) groups excluding carboxylic acids is 1. The largest absolute Gasteiger partial charge is 0.507 e. The minimum absolute atomic E-state index is 0.268. The molecule has 1 saturated heterocycles. The van der Waals surface area contributed by atoms with Crippen LogP contribution in [0.3, 0.4) is 0 Å². The molecule has 3 rings (SSSR count). The van der Waals surface area contributed by atoms with Crippen molar-refractivity contribution in [3.8, 4) is 5.75 Å². The summed E-state index contributed by atoms with van der Waals surface area (Å²) in [6.45, 7) is 0. The Morgan fingerprint density at radius 1 is 1.19 bits per heavy atom. The van der Waals surface area contributed by atoms with E-state index >= 15 is 0 Å². The van der Waals surface area contributed by atoms with Gasteiger partial charge in [0.15, 0.2) is 5.17 Å². The number of halogens is 1. The number of carboxylic acids is 1. The molecule has 0 aromatic heterocycles. The molecule has 2 aromatic carbocycles. The molecule has 1 heterocycles. The lowest BCUT2D eigenvalue weighted by Gasteiger charge is -2.01. The number of benzene rings is 2. The summed E-state index contributed by atoms with van der Waals surface area (Å²) in [6.07, 6.45) is 3.27. The molecule has 136 valence electrons. The number of amidine groups is 1. The quantitative estimate of drug-likeness (QED) is 0.671. The van der Waals surface area contributed by atoms with Crippen molar-refractivity contribution in [1.82, 2.24) is 5.32 Å². The number of hydrogen-bond acceptors (Lipinski definition) is 5. The molecule has 0 atom stereocenters. The highest BCUT2D eigenvalue weighted by Gasteiger charge is 2.24. The first-order valence-corrected chi connectivity index (χ1v) is 8.90. The number of aromatic hydroxyl groups is 1. The lowest BCUT2D eigenvalue weighted by molar-refractivity contribution is -0.115. The van der Waals surface area contributed by atoms with Crippen LogP contribution in [0.4, 0.5) is 5.69 Å². The Labute approximate surface area is 163 Å². The third kappa shape index (κ3) is 4.78. The van der Waals surface area contributed by atoms with Gasteiger partial charge < -0.3 is 15.5 Å². The minimum Gasteiger partial charge on any atom is -0.507 e. The van der Waals surface area contributed by atoms with Crippen LogP contribution >= 0.6 is 23.4 Å². The number of aromatic carboxylic acids is 1. The van der Waals surface area contributed by atoms with Gasteiger partial charge in [0.05, 0.1) is 10.6 Å². The zero-order valence-corrected chi connectivity index (χ0v) is 15.3. The minimum atomic E-state index is -1.27. The molecule has 27 heavy (non-hydrogen) atoms. The second-order valence-electron chi connectivity index (χ2n) is 5.43. The summed E-state index contributed by atoms with van der Waals surface area (Å²) in [5, 5.41) is 21.8. The highest BCUT2D eigenvalue weighted by atomic mass is 35.5. The van der Waals surface area contributed by atoms with Crippen molar-refractivity contribution in [2.24, 2.45) is 4.99 Å². The molecule has 0 spiro atoms. The van der Waals surface area contributed by atoms with E-state index in [1.165, 1.54) is 24.3 Å². The predicted octanol–water partition coefficient (Wildman–Crippen LogP) is 4.10. The molecule has 0 aliphatic carbocycles. The first kappa shape index (κ1) is 18.8. The molecule has 0 bridgehead atoms. The normalized spacial score (nSPS) is 17.4. The maximum Gasteiger partial charge on any atom is 0.339 e. The van der Waals surface area contributed by atoms with E-state index in [4.69, 9.17) is 16.7 Å². The van der Waals surface area contributed by atoms with E-state index in [0.29, 0.717) is 15.6 Å². The van der Waals surface area contributed by atoms with E-state index in [-0.39, 0.29) is 22.4 Å². The third-order valence-electron chi connectivity index (χ3n) is 3.47. The number of carboxylic acid groups (broad SMARTS) is 1. The molecule has 3 N–H and O–H groups in total. The standard InChI is InChI=1S/C19H13ClN2O4S/c20-12(8-11-4-2-1-3-5-11)9-16-17(24)22-19(27-16)21-13-6-7-15(23)14(10-13)18(25)26/h1-10,23H,(H,25,26)(H,21,22,24)/b12-8-,16-9-. The van der Waals surface area contributed by atoms with Gasteiger partial charge in [0.25, 0.3) is 5.91 Å². The first-order valence-electron chi connectivity index (χ1n) is 7.70. The SMILES string of the molecule is O=C1NC(=Nc2ccc(O)c(C(=O)O)c2)S/C1=C\C(Cl)=C\c1ccccc1. The molecule has 1 aliphatic heterocycles. The number of nitrogens with zero attached hydrogens (tertiary/aromatic N) is 1. The molecule has 1 amide bonds. The van der Waals surface area contributed by atoms with Crippen LogP contribution < -0.4 is 5.32 Å². The molecule has 0 radical (unpaired) electrons. The molecule has 2 aromatic rings. The van der Waals surface area contributed by atoms with Crippen LogP contribution in [0.25, 0.3) is 6.08 Å². The van der Waals surface area contributed by atoms with Crippen molar-refractivity contribution < 1.29 is 19.8 Å². The van der Waals surface area contributed by atoms with Crippen LogP contribution in [-0.2, 0) is 4.79 Å². The highest BCUT2D eigenvalue weighted by Crippen LogP contribution is 2.30. The van der Waals surface area contributed by atoms with E-state index in [1.54, 1.807) is 6.08 Å². The smallest absolute Gasteiger partial charge is 0.339 e. The fourth-order valence-corrected chi connectivity index (χ4v) is 3.37. The number of hydrogen-bond donors (Lipinski definition) is 3. The number of nitrogens with one attached hydrogen (secondary N) is 1. The Hall–Kier alpha value is -3.03. The second kappa shape index (κ2) is 8.11. The van der Waals surface area contributed by atoms with Crippen LogP contribution in [-0.4, -0.2) is 27.3 Å². The van der Waals surface area contributed by atoms with E-state index in [2.05, 4.69) is 10.3 Å².